The Morgan fingerprint density at radius 3 is 2.07 bits per heavy atom. The van der Waals surface area contributed by atoms with E-state index in [2.05, 4.69) is 22.9 Å². The molecule has 0 saturated heterocycles. The van der Waals surface area contributed by atoms with Crippen LogP contribution in [0.15, 0.2) is 91.0 Å². The van der Waals surface area contributed by atoms with Crippen molar-refractivity contribution >= 4 is 18.2 Å². The van der Waals surface area contributed by atoms with Crippen LogP contribution in [0.5, 0.6) is 0 Å². The topological polar surface area (TPSA) is 112 Å². The van der Waals surface area contributed by atoms with Gasteiger partial charge in [-0.15, -0.1) is 0 Å². The molecule has 3 aromatic carbocycles. The molecular formula is C33H36N2O7. The highest BCUT2D eigenvalue weighted by molar-refractivity contribution is 5.82. The molecule has 1 aliphatic carbocycles. The number of carbonyl (C=O) groups excluding carboxylic acids is 3. The predicted octanol–water partition coefficient (Wildman–Crippen LogP) is 6.04. The quantitative estimate of drug-likeness (QED) is 0.0947. The first-order valence-corrected chi connectivity index (χ1v) is 13.8. The average Bonchev–Trinajstić information content (AvgIpc) is 3.29. The molecule has 42 heavy (non-hydrogen) atoms. The molecule has 0 aromatic heterocycles. The van der Waals surface area contributed by atoms with Gasteiger partial charge in [-0.2, -0.15) is 5.48 Å². The Morgan fingerprint density at radius 2 is 1.43 bits per heavy atom. The summed E-state index contributed by atoms with van der Waals surface area (Å²) >= 11 is 0. The Labute approximate surface area is 245 Å². The molecule has 0 spiro atoms. The zero-order chi connectivity index (χ0) is 30.0. The van der Waals surface area contributed by atoms with Crippen molar-refractivity contribution in [1.29, 1.82) is 0 Å². The number of hydroxylamine groups is 1. The summed E-state index contributed by atoms with van der Waals surface area (Å²) in [7, 11) is 0. The van der Waals surface area contributed by atoms with Crippen molar-refractivity contribution in [3.8, 4) is 11.1 Å². The van der Waals surface area contributed by atoms with Crippen molar-refractivity contribution in [3.63, 3.8) is 0 Å². The van der Waals surface area contributed by atoms with E-state index in [1.807, 2.05) is 66.7 Å². The van der Waals surface area contributed by atoms with E-state index >= 15 is 0 Å². The second-order valence-corrected chi connectivity index (χ2v) is 10.7. The number of carbonyl (C=O) groups is 3. The molecule has 0 bridgehead atoms. The van der Waals surface area contributed by atoms with E-state index < -0.39 is 29.8 Å². The van der Waals surface area contributed by atoms with E-state index in [9.17, 15) is 14.4 Å². The molecule has 2 N–H and O–H groups in total. The third kappa shape index (κ3) is 8.68. The Kier molecular flexibility index (Phi) is 10.3. The SMILES string of the molecule is CC(C)(C)OC(=O)NOC/C=C/C[C@H](NC(=O)OCC1c2ccccc2-c2ccccc21)C(=O)OCc1ccccc1. The lowest BCUT2D eigenvalue weighted by molar-refractivity contribution is -0.147. The zero-order valence-electron chi connectivity index (χ0n) is 24.0. The summed E-state index contributed by atoms with van der Waals surface area (Å²) in [6, 6.07) is 24.4. The maximum absolute atomic E-state index is 13.0. The van der Waals surface area contributed by atoms with Crippen LogP contribution < -0.4 is 10.8 Å². The van der Waals surface area contributed by atoms with Crippen LogP contribution in [-0.2, 0) is 30.4 Å². The fourth-order valence-corrected chi connectivity index (χ4v) is 4.57. The van der Waals surface area contributed by atoms with Crippen LogP contribution in [0.4, 0.5) is 9.59 Å². The summed E-state index contributed by atoms with van der Waals surface area (Å²) in [5.41, 5.74) is 6.78. The molecular weight excluding hydrogens is 536 g/mol. The molecule has 0 radical (unpaired) electrons. The summed E-state index contributed by atoms with van der Waals surface area (Å²) in [5, 5.41) is 2.64. The van der Waals surface area contributed by atoms with Gasteiger partial charge in [0.1, 0.15) is 24.9 Å². The Morgan fingerprint density at radius 1 is 0.810 bits per heavy atom. The molecule has 0 fully saturated rings. The lowest BCUT2D eigenvalue weighted by atomic mass is 9.98. The first kappa shape index (κ1) is 30.3. The van der Waals surface area contributed by atoms with Crippen molar-refractivity contribution in [1.82, 2.24) is 10.8 Å². The van der Waals surface area contributed by atoms with Gasteiger partial charge in [-0.05, 0) is 55.0 Å². The van der Waals surface area contributed by atoms with Gasteiger partial charge in [0.25, 0.3) is 0 Å². The van der Waals surface area contributed by atoms with Crippen LogP contribution in [0.25, 0.3) is 11.1 Å². The minimum Gasteiger partial charge on any atom is -0.459 e. The summed E-state index contributed by atoms with van der Waals surface area (Å²) < 4.78 is 16.2. The van der Waals surface area contributed by atoms with Crippen LogP contribution in [0, 0.1) is 0 Å². The van der Waals surface area contributed by atoms with E-state index in [1.54, 1.807) is 32.9 Å². The van der Waals surface area contributed by atoms with Gasteiger partial charge in [0.05, 0.1) is 6.61 Å². The highest BCUT2D eigenvalue weighted by Crippen LogP contribution is 2.44. The smallest absolute Gasteiger partial charge is 0.431 e. The maximum atomic E-state index is 13.0. The summed E-state index contributed by atoms with van der Waals surface area (Å²) in [6.45, 7) is 5.43. The molecule has 1 aliphatic rings. The number of rotatable bonds is 11. The van der Waals surface area contributed by atoms with Crippen molar-refractivity contribution in [2.24, 2.45) is 0 Å². The van der Waals surface area contributed by atoms with Crippen LogP contribution in [0.3, 0.4) is 0 Å². The largest absolute Gasteiger partial charge is 0.459 e. The first-order valence-electron chi connectivity index (χ1n) is 13.8. The van der Waals surface area contributed by atoms with Crippen LogP contribution in [0.1, 0.15) is 49.8 Å². The number of benzene rings is 3. The van der Waals surface area contributed by atoms with Gasteiger partial charge in [0.2, 0.25) is 0 Å². The second-order valence-electron chi connectivity index (χ2n) is 10.7. The molecule has 220 valence electrons. The van der Waals surface area contributed by atoms with Gasteiger partial charge < -0.3 is 19.5 Å². The number of ether oxygens (including phenoxy) is 3. The molecule has 9 heteroatoms. The monoisotopic (exact) mass is 572 g/mol. The number of alkyl carbamates (subject to hydrolysis) is 1. The molecule has 0 unspecified atom stereocenters. The normalized spacial score (nSPS) is 13.1. The number of esters is 1. The first-order chi connectivity index (χ1) is 20.2. The van der Waals surface area contributed by atoms with Gasteiger partial charge in [0.15, 0.2) is 0 Å². The second kappa shape index (κ2) is 14.3. The van der Waals surface area contributed by atoms with Gasteiger partial charge in [0, 0.05) is 5.92 Å². The van der Waals surface area contributed by atoms with Gasteiger partial charge >= 0.3 is 18.2 Å². The molecule has 4 rings (SSSR count). The average molecular weight is 573 g/mol. The minimum absolute atomic E-state index is 0.0238. The van der Waals surface area contributed by atoms with Crippen molar-refractivity contribution in [2.45, 2.75) is 51.4 Å². The number of amides is 2. The van der Waals surface area contributed by atoms with E-state index in [4.69, 9.17) is 19.0 Å². The van der Waals surface area contributed by atoms with Crippen LogP contribution in [0.2, 0.25) is 0 Å². The molecule has 9 nitrogen and oxygen atoms in total. The van der Waals surface area contributed by atoms with Crippen LogP contribution >= 0.6 is 0 Å². The van der Waals surface area contributed by atoms with E-state index in [0.717, 1.165) is 27.8 Å². The Balaban J connectivity index is 1.33. The highest BCUT2D eigenvalue weighted by atomic mass is 16.7. The summed E-state index contributed by atoms with van der Waals surface area (Å²) in [4.78, 5) is 42.6. The Hall–Kier alpha value is -4.63. The number of fused-ring (bicyclic) bond motifs is 3. The molecule has 0 aliphatic heterocycles. The number of hydrogen-bond donors (Lipinski definition) is 2. The number of nitrogens with one attached hydrogen (secondary N) is 2. The minimum atomic E-state index is -1.00. The third-order valence-corrected chi connectivity index (χ3v) is 6.42. The molecule has 0 heterocycles. The molecule has 2 amide bonds. The van der Waals surface area contributed by atoms with Crippen molar-refractivity contribution < 1.29 is 33.4 Å². The van der Waals surface area contributed by atoms with Crippen molar-refractivity contribution in [2.75, 3.05) is 13.2 Å². The fraction of sp³-hybridized carbons (Fsp3) is 0.303. The molecule has 3 aromatic rings. The summed E-state index contributed by atoms with van der Waals surface area (Å²) in [5.74, 6) is -0.717. The summed E-state index contributed by atoms with van der Waals surface area (Å²) in [6.07, 6.45) is 1.93. The lowest BCUT2D eigenvalue weighted by Gasteiger charge is -2.19. The van der Waals surface area contributed by atoms with Gasteiger partial charge in [-0.1, -0.05) is 91.0 Å². The highest BCUT2D eigenvalue weighted by Gasteiger charge is 2.30. The predicted molar refractivity (Wildman–Crippen MR) is 157 cm³/mol. The van der Waals surface area contributed by atoms with Crippen molar-refractivity contribution in [3.05, 3.63) is 108 Å². The molecule has 0 saturated carbocycles. The lowest BCUT2D eigenvalue weighted by Crippen LogP contribution is -2.42. The maximum Gasteiger partial charge on any atom is 0.431 e. The van der Waals surface area contributed by atoms with Gasteiger partial charge in [-0.25, -0.2) is 14.4 Å². The van der Waals surface area contributed by atoms with E-state index in [1.165, 1.54) is 0 Å². The zero-order valence-corrected chi connectivity index (χ0v) is 24.0. The fourth-order valence-electron chi connectivity index (χ4n) is 4.57. The standard InChI is InChI=1S/C33H36N2O7/c1-33(2,3)42-32(38)35-41-20-12-11-19-29(30(36)39-21-23-13-5-4-6-14-23)34-31(37)40-22-28-26-17-9-7-15-24(26)25-16-8-10-18-27(25)28/h4-18,28-29H,19-22H2,1-3H3,(H,34,37)(H,35,38)/b12-11+/t29-/m0/s1. The van der Waals surface area contributed by atoms with Gasteiger partial charge in [-0.3, -0.25) is 4.84 Å². The Bertz CT molecular complexity index is 1350. The number of hydrogen-bond acceptors (Lipinski definition) is 7. The van der Waals surface area contributed by atoms with E-state index in [0.29, 0.717) is 0 Å². The van der Waals surface area contributed by atoms with Crippen LogP contribution in [-0.4, -0.2) is 43.0 Å². The molecule has 1 atom stereocenters. The van der Waals surface area contributed by atoms with E-state index in [-0.39, 0.29) is 32.2 Å². The third-order valence-electron chi connectivity index (χ3n) is 6.42.